The van der Waals surface area contributed by atoms with Crippen LogP contribution in [0.1, 0.15) is 46.3 Å². The van der Waals surface area contributed by atoms with E-state index in [9.17, 15) is 18.0 Å². The number of aryl methyl sites for hydroxylation is 1. The molecule has 0 atom stereocenters. The summed E-state index contributed by atoms with van der Waals surface area (Å²) >= 11 is 1.45. The molecule has 0 bridgehead atoms. The Morgan fingerprint density at radius 2 is 1.74 bits per heavy atom. The number of benzene rings is 3. The van der Waals surface area contributed by atoms with Gasteiger partial charge in [0.15, 0.2) is 6.61 Å². The Kier molecular flexibility index (Phi) is 9.41. The van der Waals surface area contributed by atoms with E-state index in [1.54, 1.807) is 43.3 Å². The first-order valence-electron chi connectivity index (χ1n) is 12.6. The van der Waals surface area contributed by atoms with Crippen molar-refractivity contribution in [3.8, 4) is 6.07 Å². The van der Waals surface area contributed by atoms with Crippen LogP contribution in [0, 0.1) is 18.3 Å². The molecule has 1 saturated heterocycles. The molecule has 1 aliphatic rings. The highest BCUT2D eigenvalue weighted by Crippen LogP contribution is 2.28. The Bertz CT molecular complexity index is 1490. The number of rotatable bonds is 9. The molecule has 1 amide bonds. The molecule has 10 heteroatoms. The summed E-state index contributed by atoms with van der Waals surface area (Å²) in [6.45, 7) is 2.22. The van der Waals surface area contributed by atoms with Crippen LogP contribution >= 0.6 is 11.8 Å². The largest absolute Gasteiger partial charge is 0.452 e. The molecule has 0 unspecified atom stereocenters. The van der Waals surface area contributed by atoms with E-state index < -0.39 is 28.5 Å². The summed E-state index contributed by atoms with van der Waals surface area (Å²) in [5, 5.41) is 11.6. The van der Waals surface area contributed by atoms with E-state index in [0.29, 0.717) is 46.1 Å². The number of hydrogen-bond donors (Lipinski definition) is 1. The summed E-state index contributed by atoms with van der Waals surface area (Å²) in [6.07, 6.45) is 2.68. The average Bonchev–Trinajstić information content (AvgIpc) is 2.96. The third-order valence-electron chi connectivity index (χ3n) is 6.35. The summed E-state index contributed by atoms with van der Waals surface area (Å²) in [6, 6.07) is 20.9. The molecule has 0 aliphatic carbocycles. The quantitative estimate of drug-likeness (QED) is 0.283. The molecule has 0 aromatic heterocycles. The summed E-state index contributed by atoms with van der Waals surface area (Å²) < 4.78 is 32.9. The Morgan fingerprint density at radius 3 is 2.46 bits per heavy atom. The van der Waals surface area contributed by atoms with Gasteiger partial charge in [-0.1, -0.05) is 36.8 Å². The van der Waals surface area contributed by atoms with Crippen molar-refractivity contribution in [1.29, 1.82) is 5.26 Å². The first kappa shape index (κ1) is 28.4. The van der Waals surface area contributed by atoms with E-state index >= 15 is 0 Å². The molecule has 1 N–H and O–H groups in total. The predicted octanol–water partition coefficient (Wildman–Crippen LogP) is 5.13. The van der Waals surface area contributed by atoms with E-state index in [0.717, 1.165) is 24.8 Å². The van der Waals surface area contributed by atoms with Crippen molar-refractivity contribution in [3.63, 3.8) is 0 Å². The zero-order valence-corrected chi connectivity index (χ0v) is 23.2. The van der Waals surface area contributed by atoms with Crippen LogP contribution < -0.4 is 5.32 Å². The number of esters is 1. The second kappa shape index (κ2) is 12.9. The minimum absolute atomic E-state index is 0.121. The maximum Gasteiger partial charge on any atom is 0.339 e. The van der Waals surface area contributed by atoms with Crippen molar-refractivity contribution in [2.45, 2.75) is 41.7 Å². The van der Waals surface area contributed by atoms with Crippen molar-refractivity contribution in [2.24, 2.45) is 0 Å². The number of anilines is 1. The molecule has 1 fully saturated rings. The van der Waals surface area contributed by atoms with Crippen LogP contribution in [-0.4, -0.2) is 44.3 Å². The Morgan fingerprint density at radius 1 is 1.03 bits per heavy atom. The van der Waals surface area contributed by atoms with Gasteiger partial charge in [0.25, 0.3) is 5.91 Å². The van der Waals surface area contributed by atoms with Crippen LogP contribution in [0.5, 0.6) is 0 Å². The fourth-order valence-corrected chi connectivity index (χ4v) is 6.68. The molecule has 1 aliphatic heterocycles. The SMILES string of the molecule is Cc1ccc(S(=O)(=O)N2CCCCC2)cc1NC(=O)COC(=O)c1ccccc1SCc1ccc(C#N)cc1. The molecule has 3 aromatic carbocycles. The van der Waals surface area contributed by atoms with Gasteiger partial charge < -0.3 is 10.1 Å². The summed E-state index contributed by atoms with van der Waals surface area (Å²) in [4.78, 5) is 26.3. The number of amides is 1. The first-order chi connectivity index (χ1) is 18.8. The third kappa shape index (κ3) is 7.26. The first-order valence-corrected chi connectivity index (χ1v) is 15.0. The van der Waals surface area contributed by atoms with Gasteiger partial charge in [0.2, 0.25) is 10.0 Å². The predicted molar refractivity (Wildman–Crippen MR) is 150 cm³/mol. The summed E-state index contributed by atoms with van der Waals surface area (Å²) in [7, 11) is -3.65. The third-order valence-corrected chi connectivity index (χ3v) is 9.39. The van der Waals surface area contributed by atoms with E-state index in [2.05, 4.69) is 11.4 Å². The topological polar surface area (TPSA) is 117 Å². The van der Waals surface area contributed by atoms with E-state index in [1.165, 1.54) is 22.1 Å². The van der Waals surface area contributed by atoms with Gasteiger partial charge >= 0.3 is 5.97 Å². The Labute approximate surface area is 233 Å². The maximum atomic E-state index is 13.0. The lowest BCUT2D eigenvalue weighted by molar-refractivity contribution is -0.119. The van der Waals surface area contributed by atoms with E-state index in [-0.39, 0.29) is 4.90 Å². The molecule has 3 aromatic rings. The van der Waals surface area contributed by atoms with Gasteiger partial charge in [-0.25, -0.2) is 13.2 Å². The number of sulfonamides is 1. The Hall–Kier alpha value is -3.65. The molecule has 4 rings (SSSR count). The summed E-state index contributed by atoms with van der Waals surface area (Å²) in [5.74, 6) is -0.611. The number of nitrogens with zero attached hydrogens (tertiary/aromatic N) is 2. The van der Waals surface area contributed by atoms with E-state index in [4.69, 9.17) is 10.00 Å². The second-order valence-corrected chi connectivity index (χ2v) is 12.1. The van der Waals surface area contributed by atoms with E-state index in [1.807, 2.05) is 24.3 Å². The molecule has 8 nitrogen and oxygen atoms in total. The molecule has 39 heavy (non-hydrogen) atoms. The van der Waals surface area contributed by atoms with Crippen LogP contribution in [0.4, 0.5) is 5.69 Å². The standard InChI is InChI=1S/C29H29N3O5S2/c1-21-9-14-24(39(35,36)32-15-5-2-6-16-32)17-26(21)31-28(33)19-37-29(34)25-7-3-4-8-27(25)38-20-23-12-10-22(18-30)11-13-23/h3-4,7-14,17H,2,5-6,15-16,19-20H2,1H3,(H,31,33). The molecular formula is C29H29N3O5S2. The van der Waals surface area contributed by atoms with Crippen molar-refractivity contribution in [3.05, 3.63) is 89.0 Å². The number of nitrogens with one attached hydrogen (secondary N) is 1. The van der Waals surface area contributed by atoms with Crippen LogP contribution in [0.25, 0.3) is 0 Å². The highest BCUT2D eigenvalue weighted by molar-refractivity contribution is 7.98. The highest BCUT2D eigenvalue weighted by atomic mass is 32.2. The van der Waals surface area contributed by atoms with Crippen LogP contribution in [-0.2, 0) is 25.3 Å². The molecule has 0 radical (unpaired) electrons. The van der Waals surface area contributed by atoms with Crippen LogP contribution in [0.3, 0.4) is 0 Å². The van der Waals surface area contributed by atoms with Crippen LogP contribution in [0.2, 0.25) is 0 Å². The van der Waals surface area contributed by atoms with Gasteiger partial charge in [-0.05, 0) is 67.3 Å². The highest BCUT2D eigenvalue weighted by Gasteiger charge is 2.26. The zero-order valence-electron chi connectivity index (χ0n) is 21.6. The normalized spacial score (nSPS) is 13.8. The monoisotopic (exact) mass is 563 g/mol. The van der Waals surface area contributed by atoms with Gasteiger partial charge in [-0.2, -0.15) is 9.57 Å². The smallest absolute Gasteiger partial charge is 0.339 e. The Balaban J connectivity index is 1.37. The zero-order chi connectivity index (χ0) is 27.8. The van der Waals surface area contributed by atoms with Crippen molar-refractivity contribution in [2.75, 3.05) is 25.0 Å². The number of piperidine rings is 1. The number of carbonyl (C=O) groups is 2. The average molecular weight is 564 g/mol. The molecule has 1 heterocycles. The van der Waals surface area contributed by atoms with Gasteiger partial charge in [0.05, 0.1) is 22.1 Å². The van der Waals surface area contributed by atoms with Gasteiger partial charge in [0, 0.05) is 29.4 Å². The van der Waals surface area contributed by atoms with Crippen molar-refractivity contribution in [1.82, 2.24) is 4.31 Å². The molecular weight excluding hydrogens is 534 g/mol. The van der Waals surface area contributed by atoms with Crippen molar-refractivity contribution >= 4 is 39.3 Å². The van der Waals surface area contributed by atoms with Gasteiger partial charge in [-0.15, -0.1) is 11.8 Å². The number of carbonyl (C=O) groups excluding carboxylic acids is 2. The van der Waals surface area contributed by atoms with Crippen molar-refractivity contribution < 1.29 is 22.7 Å². The minimum Gasteiger partial charge on any atom is -0.452 e. The fourth-order valence-electron chi connectivity index (χ4n) is 4.14. The minimum atomic E-state index is -3.65. The lowest BCUT2D eigenvalue weighted by Crippen LogP contribution is -2.35. The number of ether oxygens (including phenoxy) is 1. The maximum absolute atomic E-state index is 13.0. The lowest BCUT2D eigenvalue weighted by Gasteiger charge is -2.26. The van der Waals surface area contributed by atoms with Gasteiger partial charge in [-0.3, -0.25) is 4.79 Å². The van der Waals surface area contributed by atoms with Gasteiger partial charge in [0.1, 0.15) is 0 Å². The number of thioether (sulfide) groups is 1. The number of hydrogen-bond acceptors (Lipinski definition) is 7. The molecule has 0 spiro atoms. The van der Waals surface area contributed by atoms with Crippen LogP contribution in [0.15, 0.2) is 76.5 Å². The second-order valence-electron chi connectivity index (χ2n) is 9.16. The molecule has 202 valence electrons. The lowest BCUT2D eigenvalue weighted by atomic mass is 10.2. The molecule has 0 saturated carbocycles. The number of nitriles is 1. The fraction of sp³-hybridized carbons (Fsp3) is 0.276. The summed E-state index contributed by atoms with van der Waals surface area (Å²) in [5.41, 5.74) is 2.97.